The maximum Gasteiger partial charge on any atom is 0.266 e. The molecular weight excluding hydrogens is 293 g/mol. The third-order valence-corrected chi connectivity index (χ3v) is 4.96. The van der Waals surface area contributed by atoms with Crippen LogP contribution < -0.4 is 15.6 Å². The van der Waals surface area contributed by atoms with Gasteiger partial charge in [0.2, 0.25) is 0 Å². The van der Waals surface area contributed by atoms with Crippen LogP contribution in [0.3, 0.4) is 0 Å². The van der Waals surface area contributed by atoms with Crippen LogP contribution in [0.1, 0.15) is 6.92 Å². The van der Waals surface area contributed by atoms with Crippen molar-refractivity contribution in [3.63, 3.8) is 0 Å². The summed E-state index contributed by atoms with van der Waals surface area (Å²) >= 11 is 0. The molecule has 0 saturated carbocycles. The summed E-state index contributed by atoms with van der Waals surface area (Å²) in [6.07, 6.45) is 0. The molecule has 0 atom stereocenters. The first-order chi connectivity index (χ1) is 10.0. The maximum atomic E-state index is 13.3. The number of sulfonamides is 1. The molecule has 3 N–H and O–H groups in total. The first-order valence-electron chi connectivity index (χ1n) is 6.34. The monoisotopic (exact) mass is 309 g/mol. The van der Waals surface area contributed by atoms with Crippen LogP contribution in [0.4, 0.5) is 15.8 Å². The van der Waals surface area contributed by atoms with Gasteiger partial charge in [-0.15, -0.1) is 0 Å². The third-order valence-electron chi connectivity index (χ3n) is 2.99. The molecule has 0 unspecified atom stereocenters. The fourth-order valence-electron chi connectivity index (χ4n) is 2.05. The van der Waals surface area contributed by atoms with Gasteiger partial charge in [0.05, 0.1) is 11.4 Å². The van der Waals surface area contributed by atoms with Gasteiger partial charge >= 0.3 is 0 Å². The molecule has 112 valence electrons. The van der Waals surface area contributed by atoms with Crippen LogP contribution in [-0.4, -0.2) is 15.0 Å². The van der Waals surface area contributed by atoms with Gasteiger partial charge in [0.1, 0.15) is 10.7 Å². The van der Waals surface area contributed by atoms with Crippen molar-refractivity contribution in [3.05, 3.63) is 54.3 Å². The lowest BCUT2D eigenvalue weighted by Crippen LogP contribution is -2.31. The zero-order valence-electron chi connectivity index (χ0n) is 11.5. The zero-order valence-corrected chi connectivity index (χ0v) is 12.3. The van der Waals surface area contributed by atoms with Crippen LogP contribution in [0.25, 0.3) is 0 Å². The maximum absolute atomic E-state index is 13.3. The molecule has 0 radical (unpaired) electrons. The number of nitrogens with zero attached hydrogens (tertiary/aromatic N) is 1. The zero-order chi connectivity index (χ0) is 15.5. The van der Waals surface area contributed by atoms with Crippen molar-refractivity contribution in [2.45, 2.75) is 11.8 Å². The highest BCUT2D eigenvalue weighted by molar-refractivity contribution is 7.93. The van der Waals surface area contributed by atoms with Crippen molar-refractivity contribution >= 4 is 21.4 Å². The number of hydrogen-bond acceptors (Lipinski definition) is 4. The lowest BCUT2D eigenvalue weighted by Gasteiger charge is -2.24. The molecule has 2 aromatic rings. The molecule has 7 heteroatoms. The summed E-state index contributed by atoms with van der Waals surface area (Å²) in [7, 11) is -3.84. The first kappa shape index (κ1) is 15.3. The van der Waals surface area contributed by atoms with E-state index in [2.05, 4.69) is 5.43 Å². The van der Waals surface area contributed by atoms with Gasteiger partial charge < -0.3 is 5.43 Å². The van der Waals surface area contributed by atoms with E-state index in [4.69, 9.17) is 5.84 Å². The topological polar surface area (TPSA) is 75.4 Å². The lowest BCUT2D eigenvalue weighted by molar-refractivity contribution is 0.591. The second kappa shape index (κ2) is 6.11. The second-order valence-corrected chi connectivity index (χ2v) is 6.12. The minimum absolute atomic E-state index is 0.0404. The Hall–Kier alpha value is -2.12. The summed E-state index contributed by atoms with van der Waals surface area (Å²) in [6, 6.07) is 11.7. The summed E-state index contributed by atoms with van der Waals surface area (Å²) in [4.78, 5) is 0.0404. The quantitative estimate of drug-likeness (QED) is 0.656. The van der Waals surface area contributed by atoms with Crippen LogP contribution in [0.5, 0.6) is 0 Å². The number of para-hydroxylation sites is 1. The van der Waals surface area contributed by atoms with Crippen molar-refractivity contribution in [2.75, 3.05) is 16.3 Å². The number of rotatable bonds is 5. The highest BCUT2D eigenvalue weighted by Gasteiger charge is 2.26. The number of nitrogens with two attached hydrogens (primary N) is 1. The SMILES string of the molecule is CCN(c1cccc(F)c1)S(=O)(=O)c1ccccc1NN. The number of nitrogen functional groups attached to an aromatic ring is 1. The van der Waals surface area contributed by atoms with E-state index in [1.54, 1.807) is 31.2 Å². The highest BCUT2D eigenvalue weighted by atomic mass is 32.2. The Morgan fingerprint density at radius 1 is 1.19 bits per heavy atom. The van der Waals surface area contributed by atoms with Crippen LogP contribution >= 0.6 is 0 Å². The van der Waals surface area contributed by atoms with Crippen LogP contribution in [0, 0.1) is 5.82 Å². The predicted molar refractivity (Wildman–Crippen MR) is 80.9 cm³/mol. The largest absolute Gasteiger partial charge is 0.323 e. The molecule has 2 aromatic carbocycles. The molecule has 0 heterocycles. The molecule has 0 aliphatic heterocycles. The molecule has 0 saturated heterocycles. The number of nitrogens with one attached hydrogen (secondary N) is 1. The van der Waals surface area contributed by atoms with Crippen LogP contribution in [0.15, 0.2) is 53.4 Å². The van der Waals surface area contributed by atoms with Gasteiger partial charge in [0.15, 0.2) is 0 Å². The molecule has 0 amide bonds. The van der Waals surface area contributed by atoms with E-state index in [0.717, 1.165) is 4.31 Å². The molecule has 0 spiro atoms. The molecule has 5 nitrogen and oxygen atoms in total. The highest BCUT2D eigenvalue weighted by Crippen LogP contribution is 2.28. The van der Waals surface area contributed by atoms with Crippen LogP contribution in [-0.2, 0) is 10.0 Å². The van der Waals surface area contributed by atoms with Gasteiger partial charge in [-0.1, -0.05) is 18.2 Å². The smallest absolute Gasteiger partial charge is 0.266 e. The van der Waals surface area contributed by atoms with E-state index in [-0.39, 0.29) is 22.8 Å². The third kappa shape index (κ3) is 2.98. The average molecular weight is 309 g/mol. The Balaban J connectivity index is 2.55. The van der Waals surface area contributed by atoms with Gasteiger partial charge in [-0.25, -0.2) is 12.8 Å². The second-order valence-electron chi connectivity index (χ2n) is 4.29. The molecule has 2 rings (SSSR count). The molecule has 0 bridgehead atoms. The molecule has 0 aliphatic rings. The average Bonchev–Trinajstić information content (AvgIpc) is 2.47. The molecule has 0 aromatic heterocycles. The summed E-state index contributed by atoms with van der Waals surface area (Å²) < 4.78 is 40.0. The van der Waals surface area contributed by atoms with E-state index in [0.29, 0.717) is 0 Å². The fourth-order valence-corrected chi connectivity index (χ4v) is 3.68. The molecule has 0 aliphatic carbocycles. The van der Waals surface area contributed by atoms with Crippen molar-refractivity contribution in [3.8, 4) is 0 Å². The van der Waals surface area contributed by atoms with E-state index in [9.17, 15) is 12.8 Å². The number of hydrazine groups is 1. The van der Waals surface area contributed by atoms with Gasteiger partial charge in [0, 0.05) is 6.54 Å². The Kier molecular flexibility index (Phi) is 4.44. The number of hydrogen-bond donors (Lipinski definition) is 2. The standard InChI is InChI=1S/C14H16FN3O2S/c1-2-18(12-7-5-6-11(15)10-12)21(19,20)14-9-4-3-8-13(14)17-16/h3-10,17H,2,16H2,1H3. The van der Waals surface area contributed by atoms with Crippen molar-refractivity contribution in [2.24, 2.45) is 5.84 Å². The number of benzene rings is 2. The summed E-state index contributed by atoms with van der Waals surface area (Å²) in [6.45, 7) is 1.85. The van der Waals surface area contributed by atoms with Gasteiger partial charge in [-0.05, 0) is 37.3 Å². The van der Waals surface area contributed by atoms with E-state index in [1.165, 1.54) is 24.3 Å². The minimum Gasteiger partial charge on any atom is -0.323 e. The summed E-state index contributed by atoms with van der Waals surface area (Å²) in [5, 5.41) is 0. The lowest BCUT2D eigenvalue weighted by atomic mass is 10.3. The summed E-state index contributed by atoms with van der Waals surface area (Å²) in [5.74, 6) is 4.86. The van der Waals surface area contributed by atoms with Crippen LogP contribution in [0.2, 0.25) is 0 Å². The Morgan fingerprint density at radius 3 is 2.52 bits per heavy atom. The predicted octanol–water partition coefficient (Wildman–Crippen LogP) is 2.33. The Morgan fingerprint density at radius 2 is 1.90 bits per heavy atom. The molecule has 0 fully saturated rings. The first-order valence-corrected chi connectivity index (χ1v) is 7.78. The van der Waals surface area contributed by atoms with Crippen molar-refractivity contribution in [1.29, 1.82) is 0 Å². The minimum atomic E-state index is -3.84. The van der Waals surface area contributed by atoms with E-state index in [1.807, 2.05) is 0 Å². The van der Waals surface area contributed by atoms with Crippen molar-refractivity contribution in [1.82, 2.24) is 0 Å². The van der Waals surface area contributed by atoms with E-state index >= 15 is 0 Å². The van der Waals surface area contributed by atoms with Crippen molar-refractivity contribution < 1.29 is 12.8 Å². The fraction of sp³-hybridized carbons (Fsp3) is 0.143. The number of halogens is 1. The van der Waals surface area contributed by atoms with Gasteiger partial charge in [0.25, 0.3) is 10.0 Å². The number of anilines is 2. The van der Waals surface area contributed by atoms with Gasteiger partial charge in [-0.2, -0.15) is 0 Å². The molecule has 21 heavy (non-hydrogen) atoms. The Bertz CT molecular complexity index is 735. The van der Waals surface area contributed by atoms with Gasteiger partial charge in [-0.3, -0.25) is 10.1 Å². The Labute approximate surface area is 123 Å². The summed E-state index contributed by atoms with van der Waals surface area (Å²) in [5.41, 5.74) is 2.92. The normalized spacial score (nSPS) is 11.2. The molecular formula is C14H16FN3O2S. The van der Waals surface area contributed by atoms with E-state index < -0.39 is 15.8 Å².